The van der Waals surface area contributed by atoms with E-state index in [0.29, 0.717) is 37.9 Å². The van der Waals surface area contributed by atoms with Crippen molar-refractivity contribution in [3.63, 3.8) is 0 Å². The summed E-state index contributed by atoms with van der Waals surface area (Å²) in [4.78, 5) is 25.9. The van der Waals surface area contributed by atoms with Gasteiger partial charge in [-0.15, -0.1) is 0 Å². The highest BCUT2D eigenvalue weighted by Crippen LogP contribution is 2.22. The molecular weight excluding hydrogens is 412 g/mol. The van der Waals surface area contributed by atoms with Crippen LogP contribution in [0.25, 0.3) is 0 Å². The summed E-state index contributed by atoms with van der Waals surface area (Å²) in [7, 11) is 0. The molecule has 4 rings (SSSR count). The third-order valence-corrected chi connectivity index (χ3v) is 4.79. The van der Waals surface area contributed by atoms with E-state index in [1.165, 1.54) is 12.1 Å². The van der Waals surface area contributed by atoms with Crippen LogP contribution in [-0.2, 0) is 4.74 Å². The maximum Gasteiger partial charge on any atom is 0.271 e. The van der Waals surface area contributed by atoms with E-state index < -0.39 is 4.92 Å². The van der Waals surface area contributed by atoms with Gasteiger partial charge in [-0.05, 0) is 24.1 Å². The lowest BCUT2D eigenvalue weighted by molar-refractivity contribution is -0.384. The van der Waals surface area contributed by atoms with Gasteiger partial charge in [-0.3, -0.25) is 10.1 Å². The molecule has 1 aliphatic rings. The van der Waals surface area contributed by atoms with Crippen molar-refractivity contribution in [3.05, 3.63) is 69.8 Å². The first-order valence-electron chi connectivity index (χ1n) is 10.0. The molecule has 0 saturated carbocycles. The zero-order chi connectivity index (χ0) is 22.3. The first kappa shape index (κ1) is 21.1. The molecule has 1 fully saturated rings. The largest absolute Gasteiger partial charge is 0.378 e. The van der Waals surface area contributed by atoms with Crippen LogP contribution in [0, 0.1) is 17.0 Å². The summed E-state index contributed by atoms with van der Waals surface area (Å²) in [5, 5.41) is 18.3. The van der Waals surface area contributed by atoms with Crippen LogP contribution in [0.4, 0.5) is 29.2 Å². The molecule has 2 N–H and O–H groups in total. The van der Waals surface area contributed by atoms with Crippen molar-refractivity contribution < 1.29 is 9.66 Å². The fourth-order valence-corrected chi connectivity index (χ4v) is 3.09. The Morgan fingerprint density at radius 2 is 1.88 bits per heavy atom. The number of nitro benzene ring substituents is 1. The van der Waals surface area contributed by atoms with Crippen molar-refractivity contribution in [2.45, 2.75) is 6.92 Å². The predicted molar refractivity (Wildman–Crippen MR) is 122 cm³/mol. The molecule has 1 aliphatic heterocycles. The van der Waals surface area contributed by atoms with Crippen molar-refractivity contribution in [1.82, 2.24) is 15.0 Å². The molecule has 2 aromatic carbocycles. The number of nitrogens with zero attached hydrogens (tertiary/aromatic N) is 6. The summed E-state index contributed by atoms with van der Waals surface area (Å²) in [6.45, 7) is 4.45. The van der Waals surface area contributed by atoms with Gasteiger partial charge >= 0.3 is 0 Å². The number of nitrogens with one attached hydrogen (secondary N) is 2. The molecule has 11 nitrogen and oxygen atoms in total. The van der Waals surface area contributed by atoms with Crippen molar-refractivity contribution in [1.29, 1.82) is 0 Å². The molecule has 0 radical (unpaired) electrons. The molecule has 0 amide bonds. The molecular formula is C21H22N8O3. The Balaban J connectivity index is 1.59. The highest BCUT2D eigenvalue weighted by molar-refractivity contribution is 5.82. The van der Waals surface area contributed by atoms with E-state index in [1.54, 1.807) is 18.3 Å². The molecule has 0 unspecified atom stereocenters. The smallest absolute Gasteiger partial charge is 0.271 e. The number of aromatic nitrogens is 3. The van der Waals surface area contributed by atoms with Gasteiger partial charge in [0.15, 0.2) is 0 Å². The molecule has 1 aromatic heterocycles. The topological polar surface area (TPSA) is 131 Å². The normalized spacial score (nSPS) is 13.8. The Morgan fingerprint density at radius 3 is 2.66 bits per heavy atom. The first-order valence-corrected chi connectivity index (χ1v) is 10.0. The molecule has 1 saturated heterocycles. The summed E-state index contributed by atoms with van der Waals surface area (Å²) in [6, 6.07) is 14.0. The summed E-state index contributed by atoms with van der Waals surface area (Å²) in [5.74, 6) is 0.958. The van der Waals surface area contributed by atoms with Gasteiger partial charge in [-0.1, -0.05) is 30.3 Å². The zero-order valence-electron chi connectivity index (χ0n) is 17.4. The summed E-state index contributed by atoms with van der Waals surface area (Å²) in [5.41, 5.74) is 5.38. The summed E-state index contributed by atoms with van der Waals surface area (Å²) >= 11 is 0. The maximum absolute atomic E-state index is 11.1. The maximum atomic E-state index is 11.1. The lowest BCUT2D eigenvalue weighted by atomic mass is 10.1. The number of nitro groups is 1. The van der Waals surface area contributed by atoms with Crippen LogP contribution >= 0.6 is 0 Å². The second kappa shape index (κ2) is 9.79. The molecule has 32 heavy (non-hydrogen) atoms. The standard InChI is InChI=1S/C21H22N8O3/c1-15-5-2-3-6-16(15)14-22-27-20-24-19(23-17-7-4-8-18(13-17)29(30)31)25-21(26-20)28-9-11-32-12-10-28/h2-8,13-14H,9-12H2,1H3,(H2,23,24,25,26,27)/b22-14-. The fourth-order valence-electron chi connectivity index (χ4n) is 3.09. The number of hydrogen-bond donors (Lipinski definition) is 2. The van der Waals surface area contributed by atoms with Crippen molar-refractivity contribution >= 4 is 35.4 Å². The Bertz CT molecular complexity index is 1130. The van der Waals surface area contributed by atoms with E-state index in [-0.39, 0.29) is 17.6 Å². The minimum Gasteiger partial charge on any atom is -0.378 e. The average molecular weight is 434 g/mol. The number of hydrogen-bond acceptors (Lipinski definition) is 10. The van der Waals surface area contributed by atoms with E-state index in [1.807, 2.05) is 36.1 Å². The highest BCUT2D eigenvalue weighted by atomic mass is 16.6. The quantitative estimate of drug-likeness (QED) is 0.327. The Labute approximate surface area is 184 Å². The average Bonchev–Trinajstić information content (AvgIpc) is 2.81. The lowest BCUT2D eigenvalue weighted by Gasteiger charge is -2.27. The number of rotatable bonds is 7. The number of aryl methyl sites for hydroxylation is 1. The Kier molecular flexibility index (Phi) is 6.46. The van der Waals surface area contributed by atoms with E-state index in [0.717, 1.165) is 11.1 Å². The van der Waals surface area contributed by atoms with E-state index in [2.05, 4.69) is 30.8 Å². The van der Waals surface area contributed by atoms with Crippen molar-refractivity contribution in [2.24, 2.45) is 5.10 Å². The van der Waals surface area contributed by atoms with Gasteiger partial charge in [0.25, 0.3) is 5.69 Å². The van der Waals surface area contributed by atoms with E-state index >= 15 is 0 Å². The van der Waals surface area contributed by atoms with Crippen LogP contribution in [-0.4, -0.2) is 52.4 Å². The van der Waals surface area contributed by atoms with Crippen LogP contribution in [0.2, 0.25) is 0 Å². The van der Waals surface area contributed by atoms with Crippen LogP contribution in [0.3, 0.4) is 0 Å². The number of hydrazone groups is 1. The zero-order valence-corrected chi connectivity index (χ0v) is 17.4. The Morgan fingerprint density at radius 1 is 1.09 bits per heavy atom. The fraction of sp³-hybridized carbons (Fsp3) is 0.238. The molecule has 0 aliphatic carbocycles. The second-order valence-electron chi connectivity index (χ2n) is 7.04. The van der Waals surface area contributed by atoms with E-state index in [4.69, 9.17) is 4.74 Å². The van der Waals surface area contributed by atoms with Crippen LogP contribution in [0.1, 0.15) is 11.1 Å². The van der Waals surface area contributed by atoms with Gasteiger partial charge in [-0.2, -0.15) is 20.1 Å². The minimum atomic E-state index is -0.453. The minimum absolute atomic E-state index is 0.0290. The number of benzene rings is 2. The highest BCUT2D eigenvalue weighted by Gasteiger charge is 2.17. The molecule has 0 spiro atoms. The third-order valence-electron chi connectivity index (χ3n) is 4.79. The second-order valence-corrected chi connectivity index (χ2v) is 7.04. The van der Waals surface area contributed by atoms with Gasteiger partial charge < -0.3 is 15.0 Å². The van der Waals surface area contributed by atoms with Gasteiger partial charge in [0, 0.05) is 30.9 Å². The number of non-ortho nitro benzene ring substituents is 1. The summed E-state index contributed by atoms with van der Waals surface area (Å²) < 4.78 is 5.41. The predicted octanol–water partition coefficient (Wildman–Crippen LogP) is 3.11. The molecule has 0 bridgehead atoms. The van der Waals surface area contributed by atoms with Gasteiger partial charge in [0.05, 0.1) is 24.4 Å². The SMILES string of the molecule is Cc1ccccc1/C=N\Nc1nc(Nc2cccc([N+](=O)[O-])c2)nc(N2CCOCC2)n1. The van der Waals surface area contributed by atoms with Crippen molar-refractivity contribution in [3.8, 4) is 0 Å². The number of anilines is 4. The van der Waals surface area contributed by atoms with Crippen LogP contribution in [0.15, 0.2) is 53.6 Å². The van der Waals surface area contributed by atoms with Gasteiger partial charge in [0.1, 0.15) is 0 Å². The molecule has 0 atom stereocenters. The van der Waals surface area contributed by atoms with E-state index in [9.17, 15) is 10.1 Å². The molecule has 11 heteroatoms. The molecule has 164 valence electrons. The number of ether oxygens (including phenoxy) is 1. The van der Waals surface area contributed by atoms with Crippen LogP contribution in [0.5, 0.6) is 0 Å². The lowest BCUT2D eigenvalue weighted by Crippen LogP contribution is -2.37. The van der Waals surface area contributed by atoms with Crippen LogP contribution < -0.4 is 15.6 Å². The van der Waals surface area contributed by atoms with Crippen molar-refractivity contribution in [2.75, 3.05) is 41.9 Å². The Hall–Kier alpha value is -4.12. The number of morpholine rings is 1. The van der Waals surface area contributed by atoms with Gasteiger partial charge in [-0.25, -0.2) is 5.43 Å². The summed E-state index contributed by atoms with van der Waals surface area (Å²) in [6.07, 6.45) is 1.70. The molecule has 3 aromatic rings. The first-order chi connectivity index (χ1) is 15.6. The van der Waals surface area contributed by atoms with Gasteiger partial charge in [0.2, 0.25) is 17.8 Å². The monoisotopic (exact) mass is 434 g/mol. The third kappa shape index (κ3) is 5.32. The molecule has 2 heterocycles.